The van der Waals surface area contributed by atoms with Crippen LogP contribution in [0.4, 0.5) is 0 Å². The summed E-state index contributed by atoms with van der Waals surface area (Å²) in [5, 5.41) is 20.2. The van der Waals surface area contributed by atoms with Crippen molar-refractivity contribution < 1.29 is 14.7 Å². The zero-order valence-corrected chi connectivity index (χ0v) is 23.2. The molecule has 208 valence electrons. The number of rotatable bonds is 12. The molecule has 0 bridgehead atoms. The lowest BCUT2D eigenvalue weighted by molar-refractivity contribution is -0.142. The van der Waals surface area contributed by atoms with Crippen molar-refractivity contribution in [1.29, 1.82) is 0 Å². The van der Waals surface area contributed by atoms with Gasteiger partial charge in [-0.3, -0.25) is 9.79 Å². The Morgan fingerprint density at radius 1 is 0.975 bits per heavy atom. The van der Waals surface area contributed by atoms with Crippen LogP contribution in [0.3, 0.4) is 0 Å². The van der Waals surface area contributed by atoms with Crippen molar-refractivity contribution in [2.24, 2.45) is 16.5 Å². The zero-order chi connectivity index (χ0) is 28.6. The molecule has 11 heteroatoms. The molecule has 0 aliphatic rings. The fraction of sp³-hybridized carbons (Fsp3) is 0.241. The summed E-state index contributed by atoms with van der Waals surface area (Å²) in [6.07, 6.45) is 1.82. The number of aromatic nitrogens is 2. The SMILES string of the molecule is NC(N)=NCCC[C@H](NC(=O)CCCc1cc(-c2cc(Cl)cc(Cl)c2)nn1-c1ccc2ccccc2c1)C(=O)O. The van der Waals surface area contributed by atoms with E-state index >= 15 is 0 Å². The van der Waals surface area contributed by atoms with Crippen LogP contribution in [-0.4, -0.2) is 45.3 Å². The number of nitrogens with zero attached hydrogens (tertiary/aromatic N) is 3. The molecule has 40 heavy (non-hydrogen) atoms. The lowest BCUT2D eigenvalue weighted by atomic mass is 10.1. The molecule has 4 aromatic rings. The molecule has 3 aromatic carbocycles. The van der Waals surface area contributed by atoms with Gasteiger partial charge in [-0.05, 0) is 72.9 Å². The van der Waals surface area contributed by atoms with Crippen molar-refractivity contribution in [3.8, 4) is 16.9 Å². The number of aliphatic imine (C=N–C) groups is 1. The average molecular weight is 582 g/mol. The number of nitrogens with one attached hydrogen (secondary N) is 1. The number of halogens is 2. The van der Waals surface area contributed by atoms with E-state index in [9.17, 15) is 14.7 Å². The summed E-state index contributed by atoms with van der Waals surface area (Å²) < 4.78 is 1.86. The van der Waals surface area contributed by atoms with Gasteiger partial charge in [0.15, 0.2) is 5.96 Å². The van der Waals surface area contributed by atoms with E-state index in [2.05, 4.69) is 16.4 Å². The lowest BCUT2D eigenvalue weighted by Gasteiger charge is -2.14. The molecule has 1 heterocycles. The Morgan fingerprint density at radius 2 is 1.70 bits per heavy atom. The summed E-state index contributed by atoms with van der Waals surface area (Å²) in [4.78, 5) is 28.1. The molecule has 1 aromatic heterocycles. The number of carbonyl (C=O) groups is 2. The molecule has 0 aliphatic carbocycles. The minimum Gasteiger partial charge on any atom is -0.480 e. The third-order valence-corrected chi connectivity index (χ3v) is 6.77. The first-order valence-corrected chi connectivity index (χ1v) is 13.6. The van der Waals surface area contributed by atoms with E-state index in [1.54, 1.807) is 18.2 Å². The Morgan fingerprint density at radius 3 is 2.40 bits per heavy atom. The fourth-order valence-corrected chi connectivity index (χ4v) is 4.96. The van der Waals surface area contributed by atoms with E-state index in [-0.39, 0.29) is 24.7 Å². The first kappa shape index (κ1) is 28.9. The molecule has 0 unspecified atom stereocenters. The summed E-state index contributed by atoms with van der Waals surface area (Å²) in [5.74, 6) is -1.49. The Hall–Kier alpha value is -4.08. The monoisotopic (exact) mass is 580 g/mol. The van der Waals surface area contributed by atoms with Gasteiger partial charge in [-0.1, -0.05) is 53.5 Å². The number of carboxylic acid groups (broad SMARTS) is 1. The van der Waals surface area contributed by atoms with Gasteiger partial charge in [-0.15, -0.1) is 0 Å². The van der Waals surface area contributed by atoms with Crippen LogP contribution in [0.25, 0.3) is 27.7 Å². The Bertz CT molecular complexity index is 1530. The number of benzene rings is 3. The number of nitrogens with two attached hydrogens (primary N) is 2. The fourth-order valence-electron chi connectivity index (χ4n) is 4.43. The molecule has 1 atom stereocenters. The molecule has 0 saturated carbocycles. The topological polar surface area (TPSA) is 149 Å². The molecule has 0 fully saturated rings. The Labute approximate surface area is 241 Å². The third-order valence-electron chi connectivity index (χ3n) is 6.33. The molecule has 6 N–H and O–H groups in total. The minimum absolute atomic E-state index is 0.0551. The molecular formula is C29H30Cl2N6O3. The number of aliphatic carboxylic acids is 1. The first-order chi connectivity index (χ1) is 19.2. The van der Waals surface area contributed by atoms with Crippen LogP contribution in [0.5, 0.6) is 0 Å². The van der Waals surface area contributed by atoms with E-state index in [0.717, 1.165) is 27.7 Å². The number of amides is 1. The highest BCUT2D eigenvalue weighted by Gasteiger charge is 2.20. The predicted octanol–water partition coefficient (Wildman–Crippen LogP) is 4.95. The van der Waals surface area contributed by atoms with Crippen molar-refractivity contribution >= 4 is 51.8 Å². The van der Waals surface area contributed by atoms with Crippen molar-refractivity contribution in [3.63, 3.8) is 0 Å². The van der Waals surface area contributed by atoms with Gasteiger partial charge in [0.05, 0.1) is 11.4 Å². The molecular weight excluding hydrogens is 551 g/mol. The second kappa shape index (κ2) is 13.3. The van der Waals surface area contributed by atoms with Gasteiger partial charge in [-0.2, -0.15) is 5.10 Å². The number of carbonyl (C=O) groups excluding carboxylic acids is 1. The third kappa shape index (κ3) is 7.74. The van der Waals surface area contributed by atoms with E-state index in [4.69, 9.17) is 39.8 Å². The number of hydrogen-bond acceptors (Lipinski definition) is 4. The quantitative estimate of drug-likeness (QED) is 0.106. The smallest absolute Gasteiger partial charge is 0.326 e. The summed E-state index contributed by atoms with van der Waals surface area (Å²) in [7, 11) is 0. The summed E-state index contributed by atoms with van der Waals surface area (Å²) >= 11 is 12.5. The van der Waals surface area contributed by atoms with Gasteiger partial charge in [0.25, 0.3) is 0 Å². The second-order valence-corrected chi connectivity index (χ2v) is 10.3. The maximum Gasteiger partial charge on any atom is 0.326 e. The van der Waals surface area contributed by atoms with Crippen LogP contribution in [0, 0.1) is 0 Å². The van der Waals surface area contributed by atoms with Crippen LogP contribution in [0.15, 0.2) is 71.7 Å². The summed E-state index contributed by atoms with van der Waals surface area (Å²) in [5.41, 5.74) is 13.8. The standard InChI is InChI=1S/C29H30Cl2N6O3/c30-21-13-20(14-22(31)16-21)26-17-23(37(36-26)24-11-10-18-5-1-2-6-19(18)15-24)7-3-9-27(38)35-25(28(39)40)8-4-12-34-29(32)33/h1-2,5-6,10-11,13-17,25H,3-4,7-9,12H2,(H,35,38)(H,39,40)(H4,32,33,34)/t25-/m0/s1. The number of hydrogen-bond donors (Lipinski definition) is 4. The van der Waals surface area contributed by atoms with Gasteiger partial charge >= 0.3 is 5.97 Å². The molecule has 0 aliphatic heterocycles. The normalized spacial score (nSPS) is 11.8. The highest BCUT2D eigenvalue weighted by molar-refractivity contribution is 6.35. The van der Waals surface area contributed by atoms with Crippen molar-refractivity contribution in [2.75, 3.05) is 6.54 Å². The van der Waals surface area contributed by atoms with Gasteiger partial charge < -0.3 is 21.9 Å². The lowest BCUT2D eigenvalue weighted by Crippen LogP contribution is -2.40. The van der Waals surface area contributed by atoms with Crippen molar-refractivity contribution in [2.45, 2.75) is 38.1 Å². The van der Waals surface area contributed by atoms with Gasteiger partial charge in [0.1, 0.15) is 6.04 Å². The molecule has 0 radical (unpaired) electrons. The summed E-state index contributed by atoms with van der Waals surface area (Å²) in [6, 6.07) is 20.4. The molecule has 0 saturated heterocycles. The van der Waals surface area contributed by atoms with E-state index in [0.29, 0.717) is 41.5 Å². The van der Waals surface area contributed by atoms with Crippen LogP contribution in [-0.2, 0) is 16.0 Å². The zero-order valence-electron chi connectivity index (χ0n) is 21.7. The molecule has 4 rings (SSSR count). The van der Waals surface area contributed by atoms with Crippen LogP contribution in [0.1, 0.15) is 31.4 Å². The minimum atomic E-state index is -1.10. The number of aryl methyl sites for hydroxylation is 1. The van der Waals surface area contributed by atoms with Crippen molar-refractivity contribution in [1.82, 2.24) is 15.1 Å². The van der Waals surface area contributed by atoms with E-state index in [1.165, 1.54) is 0 Å². The van der Waals surface area contributed by atoms with Gasteiger partial charge in [-0.25, -0.2) is 9.48 Å². The number of carboxylic acids is 1. The predicted molar refractivity (Wildman–Crippen MR) is 159 cm³/mol. The maximum atomic E-state index is 12.6. The molecule has 0 spiro atoms. The maximum absolute atomic E-state index is 12.6. The Kier molecular flexibility index (Phi) is 9.63. The van der Waals surface area contributed by atoms with Crippen molar-refractivity contribution in [3.05, 3.63) is 82.5 Å². The average Bonchev–Trinajstić information content (AvgIpc) is 3.33. The van der Waals surface area contributed by atoms with Gasteiger partial charge in [0, 0.05) is 34.3 Å². The summed E-state index contributed by atoms with van der Waals surface area (Å²) in [6.45, 7) is 0.293. The second-order valence-electron chi connectivity index (χ2n) is 9.38. The highest BCUT2D eigenvalue weighted by Crippen LogP contribution is 2.29. The molecule has 1 amide bonds. The Balaban J connectivity index is 1.50. The number of fused-ring (bicyclic) bond motifs is 1. The van der Waals surface area contributed by atoms with E-state index in [1.807, 2.05) is 47.1 Å². The van der Waals surface area contributed by atoms with Crippen LogP contribution >= 0.6 is 23.2 Å². The molecule has 9 nitrogen and oxygen atoms in total. The first-order valence-electron chi connectivity index (χ1n) is 12.8. The van der Waals surface area contributed by atoms with Crippen LogP contribution < -0.4 is 16.8 Å². The highest BCUT2D eigenvalue weighted by atomic mass is 35.5. The van der Waals surface area contributed by atoms with E-state index < -0.39 is 12.0 Å². The largest absolute Gasteiger partial charge is 0.480 e. The van der Waals surface area contributed by atoms with Gasteiger partial charge in [0.2, 0.25) is 5.91 Å². The van der Waals surface area contributed by atoms with Crippen LogP contribution in [0.2, 0.25) is 10.0 Å². The number of guanidine groups is 1.